The van der Waals surface area contributed by atoms with Crippen LogP contribution < -0.4 is 9.46 Å². The van der Waals surface area contributed by atoms with Gasteiger partial charge in [0.25, 0.3) is 0 Å². The first-order valence-electron chi connectivity index (χ1n) is 14.0. The molecule has 0 amide bonds. The lowest BCUT2D eigenvalue weighted by Gasteiger charge is -2.20. The molecule has 1 aromatic rings. The number of nitrogens with one attached hydrogen (secondary N) is 1. The molecule has 0 spiro atoms. The summed E-state index contributed by atoms with van der Waals surface area (Å²) in [5.74, 6) is 4.92. The highest BCUT2D eigenvalue weighted by atomic mass is 32.2. The summed E-state index contributed by atoms with van der Waals surface area (Å²) >= 11 is 0. The molecule has 0 unspecified atom stereocenters. The van der Waals surface area contributed by atoms with Crippen LogP contribution in [0.3, 0.4) is 0 Å². The second-order valence-electron chi connectivity index (χ2n) is 6.65. The summed E-state index contributed by atoms with van der Waals surface area (Å²) in [7, 11) is -5.56. The van der Waals surface area contributed by atoms with E-state index in [2.05, 4.69) is 16.7 Å². The number of carboxylic acid groups (broad SMARTS) is 1. The lowest BCUT2D eigenvalue weighted by atomic mass is 10.1. The number of benzene rings is 1. The minimum atomic E-state index is -5.56. The van der Waals surface area contributed by atoms with Crippen LogP contribution >= 0.6 is 0 Å². The predicted molar refractivity (Wildman–Crippen MR) is 117 cm³/mol. The van der Waals surface area contributed by atoms with Gasteiger partial charge in [-0.1, -0.05) is 31.3 Å². The fourth-order valence-electron chi connectivity index (χ4n) is 2.81. The molecule has 0 radical (unpaired) electrons. The van der Waals surface area contributed by atoms with Crippen LogP contribution in [0.1, 0.15) is 56.8 Å². The summed E-state index contributed by atoms with van der Waals surface area (Å²) < 4.78 is 100. The molecule has 1 aromatic carbocycles. The van der Waals surface area contributed by atoms with Crippen LogP contribution in [-0.4, -0.2) is 62.4 Å². The smallest absolute Gasteiger partial charge is 0.322 e. The lowest BCUT2D eigenvalue weighted by Crippen LogP contribution is -2.43. The molecular formula is C22H32N2O5S. The maximum absolute atomic E-state index is 12.7. The Hall–Kier alpha value is -2.08. The molecule has 1 atom stereocenters. The number of carbonyl (C=O) groups is 1. The van der Waals surface area contributed by atoms with Gasteiger partial charge in [-0.05, 0) is 49.9 Å². The highest BCUT2D eigenvalue weighted by Crippen LogP contribution is 2.15. The molecule has 0 aliphatic carbocycles. The number of hydrogen-bond acceptors (Lipinski definition) is 5. The van der Waals surface area contributed by atoms with Gasteiger partial charge in [-0.25, -0.2) is 13.1 Å². The normalized spacial score (nSPS) is 21.5. The summed E-state index contributed by atoms with van der Waals surface area (Å²) in [6, 6.07) is 4.16. The molecule has 0 saturated carbocycles. The Kier molecular flexibility index (Phi) is 5.90. The van der Waals surface area contributed by atoms with E-state index >= 15 is 0 Å². The summed E-state index contributed by atoms with van der Waals surface area (Å²) in [6.45, 7) is -0.609. The molecule has 8 heteroatoms. The number of hydrogen-bond donors (Lipinski definition) is 2. The third kappa shape index (κ3) is 9.16. The van der Waals surface area contributed by atoms with E-state index in [0.717, 1.165) is 38.9 Å². The van der Waals surface area contributed by atoms with Crippen LogP contribution in [0, 0.1) is 11.8 Å². The molecule has 7 nitrogen and oxygen atoms in total. The van der Waals surface area contributed by atoms with Gasteiger partial charge in [-0.15, -0.1) is 5.92 Å². The Balaban J connectivity index is 2.01. The molecule has 0 bridgehead atoms. The predicted octanol–water partition coefficient (Wildman–Crippen LogP) is 2.27. The summed E-state index contributed by atoms with van der Waals surface area (Å²) in [4.78, 5) is 14.0. The first-order chi connectivity index (χ1) is 17.8. The van der Waals surface area contributed by atoms with Crippen LogP contribution in [0.5, 0.6) is 5.75 Å². The van der Waals surface area contributed by atoms with E-state index in [1.807, 2.05) is 0 Å². The molecule has 1 aliphatic rings. The Morgan fingerprint density at radius 1 is 1.37 bits per heavy atom. The van der Waals surface area contributed by atoms with Gasteiger partial charge in [0, 0.05) is 25.3 Å². The monoisotopic (exact) mass is 445 g/mol. The maximum Gasteiger partial charge on any atom is 0.322 e. The zero-order valence-electron chi connectivity index (χ0n) is 25.5. The van der Waals surface area contributed by atoms with Gasteiger partial charge in [0.05, 0.1) is 18.9 Å². The van der Waals surface area contributed by atoms with Gasteiger partial charge >= 0.3 is 5.97 Å². The number of sulfonamides is 1. The number of ether oxygens (including phenoxy) is 1. The number of unbranched alkanes of at least 4 members (excludes halogenated alkanes) is 1. The van der Waals surface area contributed by atoms with Gasteiger partial charge in [-0.3, -0.25) is 9.69 Å². The highest BCUT2D eigenvalue weighted by molar-refractivity contribution is 7.89. The van der Waals surface area contributed by atoms with E-state index < -0.39 is 53.8 Å². The van der Waals surface area contributed by atoms with Crippen molar-refractivity contribution in [3.8, 4) is 17.6 Å². The molecular weight excluding hydrogens is 404 g/mol. The lowest BCUT2D eigenvalue weighted by molar-refractivity contribution is -0.138. The maximum atomic E-state index is 12.7. The van der Waals surface area contributed by atoms with Crippen molar-refractivity contribution in [1.82, 2.24) is 9.62 Å². The first-order valence-corrected chi connectivity index (χ1v) is 11.0. The molecule has 2 N–H and O–H groups in total. The van der Waals surface area contributed by atoms with Crippen LogP contribution in [0.2, 0.25) is 0 Å². The molecule has 166 valence electrons. The molecule has 0 fully saturated rings. The quantitative estimate of drug-likeness (QED) is 0.337. The fourth-order valence-corrected chi connectivity index (χ4v) is 3.62. The number of rotatable bonds is 14. The van der Waals surface area contributed by atoms with Crippen molar-refractivity contribution in [2.45, 2.75) is 51.3 Å². The number of nitrogens with zero attached hydrogens (tertiary/aromatic N) is 1. The number of aliphatic carboxylic acids is 1. The molecule has 0 aromatic heterocycles. The Bertz CT molecular complexity index is 1160. The van der Waals surface area contributed by atoms with Crippen LogP contribution in [0.15, 0.2) is 24.3 Å². The van der Waals surface area contributed by atoms with Crippen molar-refractivity contribution in [2.24, 2.45) is 0 Å². The molecule has 1 heterocycles. The minimum absolute atomic E-state index is 0.338. The Morgan fingerprint density at radius 2 is 2.17 bits per heavy atom. The van der Waals surface area contributed by atoms with E-state index in [1.165, 1.54) is 12.1 Å². The largest absolute Gasteiger partial charge is 0.494 e. The Labute approximate surface area is 192 Å². The second-order valence-corrected chi connectivity index (χ2v) is 8.09. The van der Waals surface area contributed by atoms with Crippen molar-refractivity contribution in [3.63, 3.8) is 0 Å². The molecule has 2 rings (SSSR count). The van der Waals surface area contributed by atoms with E-state index in [1.54, 1.807) is 16.9 Å². The van der Waals surface area contributed by atoms with E-state index in [4.69, 9.17) is 17.1 Å². The van der Waals surface area contributed by atoms with Gasteiger partial charge in [0.15, 0.2) is 0 Å². The first kappa shape index (κ1) is 14.1. The SMILES string of the molecule is [2H]C([2H])([2H])C([2H])([2H])C([2H])([2H])C([2H])([2H])S(=O)(=O)N[C@@H](Cc1ccc(OCCCCN2CC#CCC2)cc1)C(=O)O. The zero-order valence-corrected chi connectivity index (χ0v) is 17.3. The van der Waals surface area contributed by atoms with Gasteiger partial charge < -0.3 is 9.84 Å². The third-order valence-electron chi connectivity index (χ3n) is 4.32. The molecule has 0 saturated heterocycles. The number of carboxylic acids is 1. The van der Waals surface area contributed by atoms with E-state index in [-0.39, 0.29) is 0 Å². The van der Waals surface area contributed by atoms with Crippen molar-refractivity contribution in [1.29, 1.82) is 0 Å². The zero-order chi connectivity index (χ0) is 29.7. The molecule has 30 heavy (non-hydrogen) atoms. The van der Waals surface area contributed by atoms with Crippen molar-refractivity contribution >= 4 is 16.0 Å². The Morgan fingerprint density at radius 3 is 2.83 bits per heavy atom. The van der Waals surface area contributed by atoms with E-state index in [0.29, 0.717) is 17.9 Å². The van der Waals surface area contributed by atoms with Crippen molar-refractivity contribution < 1.29 is 35.4 Å². The summed E-state index contributed by atoms with van der Waals surface area (Å²) in [5, 5.41) is 9.53. The van der Waals surface area contributed by atoms with Gasteiger partial charge in [0.2, 0.25) is 10.0 Å². The summed E-state index contributed by atoms with van der Waals surface area (Å²) in [6.07, 6.45) is -5.85. The van der Waals surface area contributed by atoms with Gasteiger partial charge in [0.1, 0.15) is 11.8 Å². The highest BCUT2D eigenvalue weighted by Gasteiger charge is 2.24. The van der Waals surface area contributed by atoms with Crippen LogP contribution in [-0.2, 0) is 21.2 Å². The minimum Gasteiger partial charge on any atom is -0.494 e. The average Bonchev–Trinajstić information content (AvgIpc) is 2.83. The molecule has 1 aliphatic heterocycles. The average molecular weight is 446 g/mol. The van der Waals surface area contributed by atoms with Crippen molar-refractivity contribution in [2.75, 3.05) is 31.9 Å². The van der Waals surface area contributed by atoms with Crippen LogP contribution in [0.25, 0.3) is 0 Å². The standard InChI is InChI=1S/C22H32N2O5S/c1-2-3-17-30(27,28)23-21(22(25)26)18-19-9-11-20(12-10-19)29-16-8-7-15-24-13-5-4-6-14-24/h9-12,21,23H,2-3,5,7-8,13-18H2,1H3,(H,25,26)/t21-/m0/s1/i1D3,2D2,3D2,17D2. The van der Waals surface area contributed by atoms with Gasteiger partial charge in [-0.2, -0.15) is 0 Å². The van der Waals surface area contributed by atoms with Crippen LogP contribution in [0.4, 0.5) is 0 Å². The second kappa shape index (κ2) is 12.6. The third-order valence-corrected chi connectivity index (χ3v) is 5.29. The van der Waals surface area contributed by atoms with Crippen molar-refractivity contribution in [3.05, 3.63) is 29.8 Å². The summed E-state index contributed by atoms with van der Waals surface area (Å²) in [5.41, 5.74) is -3.81. The topological polar surface area (TPSA) is 95.9 Å². The fraction of sp³-hybridized carbons (Fsp3) is 0.591. The van der Waals surface area contributed by atoms with E-state index in [9.17, 15) is 18.3 Å².